The highest BCUT2D eigenvalue weighted by atomic mass is 35.5. The molecule has 28 heavy (non-hydrogen) atoms. The third-order valence-electron chi connectivity index (χ3n) is 4.00. The van der Waals surface area contributed by atoms with E-state index in [0.29, 0.717) is 38.5 Å². The summed E-state index contributed by atoms with van der Waals surface area (Å²) in [6.07, 6.45) is 1.84. The number of carboxylic acids is 1. The molecular formula is C20H15Cl2FN2O2S. The van der Waals surface area contributed by atoms with Gasteiger partial charge >= 0.3 is 5.97 Å². The topological polar surface area (TPSA) is 75.7 Å². The molecule has 0 spiro atoms. The minimum Gasteiger partial charge on any atom is -0.477 e. The Bertz CT molecular complexity index is 1020. The number of benzene rings is 2. The molecule has 0 aromatic heterocycles. The molecule has 0 unspecified atom stereocenters. The van der Waals surface area contributed by atoms with E-state index in [1.807, 2.05) is 6.08 Å². The molecule has 2 aromatic carbocycles. The molecule has 4 nitrogen and oxygen atoms in total. The van der Waals surface area contributed by atoms with Crippen LogP contribution in [0.15, 0.2) is 64.3 Å². The lowest BCUT2D eigenvalue weighted by atomic mass is 9.99. The zero-order chi connectivity index (χ0) is 20.3. The molecule has 1 fully saturated rings. The van der Waals surface area contributed by atoms with Crippen molar-refractivity contribution in [3.05, 3.63) is 80.7 Å². The zero-order valence-corrected chi connectivity index (χ0v) is 16.8. The second-order valence-electron chi connectivity index (χ2n) is 5.97. The molecule has 8 heteroatoms. The van der Waals surface area contributed by atoms with Crippen molar-refractivity contribution < 1.29 is 14.3 Å². The van der Waals surface area contributed by atoms with E-state index < -0.39 is 5.97 Å². The van der Waals surface area contributed by atoms with Crippen molar-refractivity contribution in [2.24, 2.45) is 10.7 Å². The molecular weight excluding hydrogens is 422 g/mol. The van der Waals surface area contributed by atoms with Gasteiger partial charge in [-0.05, 0) is 47.5 Å². The second-order valence-corrected chi connectivity index (χ2v) is 7.80. The average molecular weight is 437 g/mol. The third-order valence-corrected chi connectivity index (χ3v) is 5.55. The first-order valence-electron chi connectivity index (χ1n) is 8.15. The second kappa shape index (κ2) is 8.82. The van der Waals surface area contributed by atoms with Gasteiger partial charge in [0, 0.05) is 22.1 Å². The molecule has 1 saturated heterocycles. The van der Waals surface area contributed by atoms with E-state index in [-0.39, 0.29) is 11.5 Å². The minimum atomic E-state index is -1.21. The number of aliphatic carboxylic acids is 1. The lowest BCUT2D eigenvalue weighted by Gasteiger charge is -2.21. The van der Waals surface area contributed by atoms with Gasteiger partial charge in [0.2, 0.25) is 0 Å². The fourth-order valence-electron chi connectivity index (χ4n) is 2.63. The van der Waals surface area contributed by atoms with Crippen LogP contribution in [0.5, 0.6) is 0 Å². The quantitative estimate of drug-likeness (QED) is 0.637. The summed E-state index contributed by atoms with van der Waals surface area (Å²) < 4.78 is 13.2. The van der Waals surface area contributed by atoms with Gasteiger partial charge in [-0.2, -0.15) is 11.8 Å². The normalized spacial score (nSPS) is 19.1. The Morgan fingerprint density at radius 1 is 1.18 bits per heavy atom. The van der Waals surface area contributed by atoms with Crippen LogP contribution in [0.3, 0.4) is 0 Å². The first-order chi connectivity index (χ1) is 13.3. The van der Waals surface area contributed by atoms with Gasteiger partial charge in [0.15, 0.2) is 0 Å². The van der Waals surface area contributed by atoms with E-state index in [9.17, 15) is 14.3 Å². The maximum absolute atomic E-state index is 13.2. The number of thioether (sulfide) groups is 1. The molecule has 0 atom stereocenters. The van der Waals surface area contributed by atoms with Crippen molar-refractivity contribution in [3.8, 4) is 0 Å². The first kappa shape index (κ1) is 20.5. The Kier molecular flexibility index (Phi) is 6.44. The van der Waals surface area contributed by atoms with E-state index in [2.05, 4.69) is 4.99 Å². The van der Waals surface area contributed by atoms with Crippen molar-refractivity contribution in [3.63, 3.8) is 0 Å². The highest BCUT2D eigenvalue weighted by Crippen LogP contribution is 2.33. The SMILES string of the molecule is NC(C(=O)O)=C1CSC/C(=C\c2ccc(F)cc2)C1=Nc1ccc(Cl)cc1Cl. The molecule has 2 aromatic rings. The smallest absolute Gasteiger partial charge is 0.352 e. The maximum Gasteiger partial charge on any atom is 0.352 e. The van der Waals surface area contributed by atoms with Crippen LogP contribution in [-0.2, 0) is 4.79 Å². The number of aliphatic imine (C=N–C) groups is 1. The van der Waals surface area contributed by atoms with Crippen LogP contribution in [0.1, 0.15) is 5.56 Å². The zero-order valence-electron chi connectivity index (χ0n) is 14.5. The molecule has 0 aliphatic carbocycles. The monoisotopic (exact) mass is 436 g/mol. The first-order valence-corrected chi connectivity index (χ1v) is 10.1. The molecule has 0 bridgehead atoms. The predicted octanol–water partition coefficient (Wildman–Crippen LogP) is 5.33. The van der Waals surface area contributed by atoms with Crippen LogP contribution >= 0.6 is 35.0 Å². The van der Waals surface area contributed by atoms with Gasteiger partial charge in [-0.3, -0.25) is 0 Å². The van der Waals surface area contributed by atoms with Gasteiger partial charge in [0.25, 0.3) is 0 Å². The summed E-state index contributed by atoms with van der Waals surface area (Å²) in [5.41, 5.74) is 8.43. The lowest BCUT2D eigenvalue weighted by molar-refractivity contribution is -0.132. The van der Waals surface area contributed by atoms with Crippen LogP contribution in [0.4, 0.5) is 10.1 Å². The number of carbonyl (C=O) groups is 1. The Morgan fingerprint density at radius 3 is 2.54 bits per heavy atom. The third kappa shape index (κ3) is 4.76. The summed E-state index contributed by atoms with van der Waals surface area (Å²) in [5.74, 6) is -0.549. The number of hydrogen-bond acceptors (Lipinski definition) is 4. The predicted molar refractivity (Wildman–Crippen MR) is 114 cm³/mol. The van der Waals surface area contributed by atoms with Crippen molar-refractivity contribution in [2.75, 3.05) is 11.5 Å². The van der Waals surface area contributed by atoms with E-state index in [1.165, 1.54) is 23.9 Å². The summed E-state index contributed by atoms with van der Waals surface area (Å²) in [4.78, 5) is 16.1. The van der Waals surface area contributed by atoms with Gasteiger partial charge < -0.3 is 10.8 Å². The number of nitrogens with zero attached hydrogens (tertiary/aromatic N) is 1. The molecule has 1 heterocycles. The molecule has 0 amide bonds. The summed E-state index contributed by atoms with van der Waals surface area (Å²) in [7, 11) is 0. The molecule has 3 rings (SSSR count). The number of hydrogen-bond donors (Lipinski definition) is 2. The fourth-order valence-corrected chi connectivity index (χ4v) is 4.12. The molecule has 1 aliphatic rings. The average Bonchev–Trinajstić information content (AvgIpc) is 2.66. The fraction of sp³-hybridized carbons (Fsp3) is 0.100. The van der Waals surface area contributed by atoms with E-state index in [1.54, 1.807) is 30.3 Å². The van der Waals surface area contributed by atoms with Crippen LogP contribution in [0, 0.1) is 5.82 Å². The highest BCUT2D eigenvalue weighted by Gasteiger charge is 2.24. The molecule has 3 N–H and O–H groups in total. The Morgan fingerprint density at radius 2 is 1.89 bits per heavy atom. The largest absolute Gasteiger partial charge is 0.477 e. The van der Waals surface area contributed by atoms with Gasteiger partial charge in [-0.25, -0.2) is 14.2 Å². The summed E-state index contributed by atoms with van der Waals surface area (Å²) in [6.45, 7) is 0. The van der Waals surface area contributed by atoms with Gasteiger partial charge in [-0.15, -0.1) is 0 Å². The highest BCUT2D eigenvalue weighted by molar-refractivity contribution is 7.99. The van der Waals surface area contributed by atoms with Crippen LogP contribution in [-0.4, -0.2) is 28.3 Å². The number of halogens is 3. The maximum atomic E-state index is 13.2. The van der Waals surface area contributed by atoms with Crippen LogP contribution in [0.2, 0.25) is 10.0 Å². The lowest BCUT2D eigenvalue weighted by Crippen LogP contribution is -2.24. The Hall–Kier alpha value is -2.28. The van der Waals surface area contributed by atoms with Crippen LogP contribution in [0.25, 0.3) is 6.08 Å². The molecule has 0 saturated carbocycles. The molecule has 144 valence electrons. The molecule has 0 radical (unpaired) electrons. The van der Waals surface area contributed by atoms with Gasteiger partial charge in [-0.1, -0.05) is 35.3 Å². The summed E-state index contributed by atoms with van der Waals surface area (Å²) in [5, 5.41) is 10.2. The van der Waals surface area contributed by atoms with E-state index in [4.69, 9.17) is 28.9 Å². The van der Waals surface area contributed by atoms with Crippen molar-refractivity contribution in [1.82, 2.24) is 0 Å². The summed E-state index contributed by atoms with van der Waals surface area (Å²) >= 11 is 13.7. The number of carboxylic acid groups (broad SMARTS) is 1. The van der Waals surface area contributed by atoms with Crippen LogP contribution < -0.4 is 5.73 Å². The van der Waals surface area contributed by atoms with Gasteiger partial charge in [0.1, 0.15) is 11.5 Å². The Labute approximate surface area is 175 Å². The van der Waals surface area contributed by atoms with E-state index in [0.717, 1.165) is 11.1 Å². The minimum absolute atomic E-state index is 0.263. The van der Waals surface area contributed by atoms with E-state index >= 15 is 0 Å². The summed E-state index contributed by atoms with van der Waals surface area (Å²) in [6, 6.07) is 10.9. The molecule has 1 aliphatic heterocycles. The number of rotatable bonds is 3. The van der Waals surface area contributed by atoms with Crippen molar-refractivity contribution in [1.29, 1.82) is 0 Å². The van der Waals surface area contributed by atoms with Gasteiger partial charge in [0.05, 0.1) is 16.4 Å². The standard InChI is InChI=1S/C20H15Cl2FN2O2S/c21-13-3-6-17(16(22)8-13)25-19-12(7-11-1-4-14(23)5-2-11)9-28-10-15(19)18(24)20(26)27/h1-8H,9-10,24H2,(H,26,27)/b12-7+,18-15?,25-19?. The Balaban J connectivity index is 2.17. The van der Waals surface area contributed by atoms with Crippen molar-refractivity contribution in [2.45, 2.75) is 0 Å². The van der Waals surface area contributed by atoms with Crippen molar-refractivity contribution >= 4 is 58.4 Å². The number of nitrogens with two attached hydrogens (primary N) is 1.